The Hall–Kier alpha value is -5.74. The van der Waals surface area contributed by atoms with Crippen molar-refractivity contribution >= 4 is 29.4 Å². The number of likely N-dealkylation sites (tertiary alicyclic amines) is 1. The molecule has 10 nitrogen and oxygen atoms in total. The van der Waals surface area contributed by atoms with Crippen molar-refractivity contribution in [2.24, 2.45) is 0 Å². The normalized spacial score (nSPS) is 20.6. The molecule has 3 amide bonds. The van der Waals surface area contributed by atoms with Crippen LogP contribution in [0.4, 0.5) is 4.79 Å². The van der Waals surface area contributed by atoms with Crippen molar-refractivity contribution in [3.05, 3.63) is 126 Å². The highest BCUT2D eigenvalue weighted by Gasteiger charge is 2.53. The summed E-state index contributed by atoms with van der Waals surface area (Å²) in [6, 6.07) is 32.3. The van der Waals surface area contributed by atoms with Gasteiger partial charge in [-0.2, -0.15) is 0 Å². The van der Waals surface area contributed by atoms with E-state index in [-0.39, 0.29) is 38.0 Å². The molecule has 3 atom stereocenters. The van der Waals surface area contributed by atoms with Crippen LogP contribution in [0.15, 0.2) is 109 Å². The van der Waals surface area contributed by atoms with Gasteiger partial charge in [-0.25, -0.2) is 4.79 Å². The van der Waals surface area contributed by atoms with Gasteiger partial charge in [-0.1, -0.05) is 116 Å². The highest BCUT2D eigenvalue weighted by Crippen LogP contribution is 2.45. The molecule has 4 aromatic carbocycles. The number of nitrogens with one attached hydrogen (secondary N) is 3. The molecule has 2 fully saturated rings. The number of amides is 3. The van der Waals surface area contributed by atoms with Crippen LogP contribution in [0, 0.1) is 0 Å². The van der Waals surface area contributed by atoms with Gasteiger partial charge in [0.1, 0.15) is 18.2 Å². The molecular formula is C43H42N4O6. The smallest absolute Gasteiger partial charge is 0.410 e. The predicted octanol–water partition coefficient (Wildman–Crippen LogP) is 6.12. The number of hydroxylamine groups is 1. The molecule has 2 heterocycles. The zero-order valence-corrected chi connectivity index (χ0v) is 29.5. The number of hydrogen-bond donors (Lipinski definition) is 3. The van der Waals surface area contributed by atoms with Crippen LogP contribution in [-0.2, 0) is 24.0 Å². The lowest BCUT2D eigenvalue weighted by Crippen LogP contribution is -2.53. The molecule has 1 spiro atoms. The van der Waals surface area contributed by atoms with Crippen LogP contribution in [0.1, 0.15) is 61.6 Å². The molecule has 270 valence electrons. The number of carbonyl (C=O) groups is 4. The molecule has 0 unspecified atom stereocenters. The van der Waals surface area contributed by atoms with Gasteiger partial charge in [0, 0.05) is 18.4 Å². The number of hydrogen-bond acceptors (Lipinski definition) is 7. The summed E-state index contributed by atoms with van der Waals surface area (Å²) >= 11 is 0. The minimum Gasteiger partial charge on any atom is -0.448 e. The predicted molar refractivity (Wildman–Crippen MR) is 200 cm³/mol. The number of ketones is 1. The van der Waals surface area contributed by atoms with Crippen LogP contribution >= 0.6 is 0 Å². The second-order valence-corrected chi connectivity index (χ2v) is 14.4. The Labute approximate surface area is 308 Å². The van der Waals surface area contributed by atoms with Crippen LogP contribution in [0.3, 0.4) is 0 Å². The summed E-state index contributed by atoms with van der Waals surface area (Å²) in [7, 11) is 0. The van der Waals surface area contributed by atoms with Crippen LogP contribution in [0.2, 0.25) is 0 Å². The van der Waals surface area contributed by atoms with Crippen molar-refractivity contribution < 1.29 is 28.8 Å². The van der Waals surface area contributed by atoms with Crippen LogP contribution in [0.25, 0.3) is 28.0 Å². The minimum atomic E-state index is -1.05. The van der Waals surface area contributed by atoms with E-state index in [1.807, 2.05) is 79.7 Å². The van der Waals surface area contributed by atoms with Gasteiger partial charge in [0.25, 0.3) is 5.91 Å². The molecule has 10 heteroatoms. The summed E-state index contributed by atoms with van der Waals surface area (Å²) in [5, 5.41) is 5.55. The average Bonchev–Trinajstić information content (AvgIpc) is 3.65. The van der Waals surface area contributed by atoms with Gasteiger partial charge in [0.2, 0.25) is 11.7 Å². The third kappa shape index (κ3) is 6.94. The zero-order valence-electron chi connectivity index (χ0n) is 29.5. The first kappa shape index (κ1) is 34.4. The van der Waals surface area contributed by atoms with Gasteiger partial charge in [0.05, 0.1) is 18.3 Å². The van der Waals surface area contributed by atoms with E-state index in [2.05, 4.69) is 52.5 Å². The first-order chi connectivity index (χ1) is 25.8. The van der Waals surface area contributed by atoms with E-state index in [0.29, 0.717) is 12.1 Å². The van der Waals surface area contributed by atoms with Crippen molar-refractivity contribution in [2.75, 3.05) is 13.2 Å². The maximum absolute atomic E-state index is 14.1. The number of carbonyl (C=O) groups excluding carboxylic acids is 4. The standard InChI is InChI=1S/C43H42N4O6/c1-2-10-36(39(48)41(50)44-30-21-22-30)45-40(49)38-24-43(23-37(46-53-43)29-19-17-28(18-20-29)27-11-4-3-5-12-27)26-47(38)42(51)52-25-35-33-15-8-6-13-31(33)32-14-7-9-16-34(32)35/h3-9,11-20,23,30,35-36,38,46H,2,10,21-22,24-26H2,1H3,(H,44,50)(H,45,49)/t36-,38-,43+/m0/s1. The third-order valence-corrected chi connectivity index (χ3v) is 10.6. The van der Waals surface area contributed by atoms with Crippen molar-refractivity contribution in [1.82, 2.24) is 21.0 Å². The lowest BCUT2D eigenvalue weighted by atomic mass is 9.96. The van der Waals surface area contributed by atoms with Gasteiger partial charge in [0.15, 0.2) is 0 Å². The fourth-order valence-corrected chi connectivity index (χ4v) is 7.74. The minimum absolute atomic E-state index is 0.00529. The SMILES string of the molecule is CCC[C@H](NC(=O)[C@@H]1C[C@]2(C=C(c3ccc(-c4ccccc4)cc3)NO2)CN1C(=O)OCC1c2ccccc2-c2ccccc21)C(=O)C(=O)NC1CC1. The number of Topliss-reactive ketones (excluding diaryl/α,β-unsaturated/α-hetero) is 1. The Balaban J connectivity index is 1.04. The number of fused-ring (bicyclic) bond motifs is 3. The molecule has 53 heavy (non-hydrogen) atoms. The lowest BCUT2D eigenvalue weighted by molar-refractivity contribution is -0.140. The zero-order chi connectivity index (χ0) is 36.5. The fraction of sp³-hybridized carbons (Fsp3) is 0.302. The van der Waals surface area contributed by atoms with Crippen LogP contribution in [0.5, 0.6) is 0 Å². The average molecular weight is 711 g/mol. The van der Waals surface area contributed by atoms with E-state index in [4.69, 9.17) is 9.57 Å². The van der Waals surface area contributed by atoms with E-state index in [9.17, 15) is 19.2 Å². The molecule has 0 aromatic heterocycles. The van der Waals surface area contributed by atoms with Crippen LogP contribution in [-0.4, -0.2) is 65.5 Å². The van der Waals surface area contributed by atoms with Crippen LogP contribution < -0.4 is 16.1 Å². The molecule has 1 saturated heterocycles. The summed E-state index contributed by atoms with van der Waals surface area (Å²) in [6.07, 6.45) is 3.90. The molecule has 3 N–H and O–H groups in total. The van der Waals surface area contributed by atoms with Gasteiger partial charge < -0.3 is 15.4 Å². The van der Waals surface area contributed by atoms with Gasteiger partial charge in [-0.3, -0.25) is 29.6 Å². The Bertz CT molecular complexity index is 2030. The van der Waals surface area contributed by atoms with Gasteiger partial charge >= 0.3 is 6.09 Å². The summed E-state index contributed by atoms with van der Waals surface area (Å²) in [4.78, 5) is 61.7. The van der Waals surface area contributed by atoms with Crippen molar-refractivity contribution in [2.45, 2.75) is 68.7 Å². The highest BCUT2D eigenvalue weighted by molar-refractivity contribution is 6.38. The van der Waals surface area contributed by atoms with E-state index in [1.165, 1.54) is 4.90 Å². The Morgan fingerprint density at radius 2 is 1.47 bits per heavy atom. The Morgan fingerprint density at radius 1 is 0.849 bits per heavy atom. The van der Waals surface area contributed by atoms with E-state index in [0.717, 1.165) is 51.8 Å². The van der Waals surface area contributed by atoms with Crippen molar-refractivity contribution in [1.29, 1.82) is 0 Å². The molecule has 2 aliphatic carbocycles. The largest absolute Gasteiger partial charge is 0.448 e. The second kappa shape index (κ2) is 14.4. The first-order valence-electron chi connectivity index (χ1n) is 18.4. The summed E-state index contributed by atoms with van der Waals surface area (Å²) in [5.41, 5.74) is 10.2. The fourth-order valence-electron chi connectivity index (χ4n) is 7.74. The Morgan fingerprint density at radius 3 is 2.13 bits per heavy atom. The van der Waals surface area contributed by atoms with Gasteiger partial charge in [-0.05, 0) is 64.3 Å². The molecule has 2 aliphatic heterocycles. The number of nitrogens with zero attached hydrogens (tertiary/aromatic N) is 1. The van der Waals surface area contributed by atoms with Crippen molar-refractivity contribution in [3.8, 4) is 22.3 Å². The van der Waals surface area contributed by atoms with E-state index < -0.39 is 41.4 Å². The summed E-state index contributed by atoms with van der Waals surface area (Å²) < 4.78 is 6.04. The molecular weight excluding hydrogens is 668 g/mol. The molecule has 0 radical (unpaired) electrons. The Kier molecular flexibility index (Phi) is 9.30. The number of benzene rings is 4. The number of ether oxygens (including phenoxy) is 1. The molecule has 4 aromatic rings. The maximum atomic E-state index is 14.1. The summed E-state index contributed by atoms with van der Waals surface area (Å²) in [6.45, 7) is 2.00. The highest BCUT2D eigenvalue weighted by atomic mass is 16.7. The van der Waals surface area contributed by atoms with Gasteiger partial charge in [-0.15, -0.1) is 0 Å². The maximum Gasteiger partial charge on any atom is 0.410 e. The van der Waals surface area contributed by atoms with E-state index >= 15 is 0 Å². The van der Waals surface area contributed by atoms with Crippen molar-refractivity contribution in [3.63, 3.8) is 0 Å². The third-order valence-electron chi connectivity index (χ3n) is 10.6. The van der Waals surface area contributed by atoms with E-state index in [1.54, 1.807) is 0 Å². The molecule has 0 bridgehead atoms. The topological polar surface area (TPSA) is 126 Å². The monoisotopic (exact) mass is 710 g/mol. The molecule has 1 saturated carbocycles. The molecule has 8 rings (SSSR count). The quantitative estimate of drug-likeness (QED) is 0.160. The lowest BCUT2D eigenvalue weighted by Gasteiger charge is -2.26. The summed E-state index contributed by atoms with van der Waals surface area (Å²) in [5.74, 6) is -2.09. The number of rotatable bonds is 11. The molecule has 4 aliphatic rings. The first-order valence-corrected chi connectivity index (χ1v) is 18.4. The second-order valence-electron chi connectivity index (χ2n) is 14.4.